The van der Waals surface area contributed by atoms with Gasteiger partial charge in [0, 0.05) is 5.50 Å². The number of hydrogen-bond donors (Lipinski definition) is 1. The minimum atomic E-state index is -0.954. The monoisotopic (exact) mass is 106 g/mol. The third-order valence-electron chi connectivity index (χ3n) is 2.04. The van der Waals surface area contributed by atoms with Gasteiger partial charge in [0.05, 0.1) is 0 Å². The van der Waals surface area contributed by atoms with E-state index in [1.807, 2.05) is 6.08 Å². The van der Waals surface area contributed by atoms with Crippen molar-refractivity contribution in [1.82, 2.24) is 0 Å². The van der Waals surface area contributed by atoms with Gasteiger partial charge in [-0.25, -0.2) is 0 Å². The molecule has 1 N–H and O–H groups in total. The zero-order chi connectivity index (χ0) is 5.78. The molecular formula is C6H7BO. The first-order valence-electron chi connectivity index (χ1n) is 2.91. The van der Waals surface area contributed by atoms with Gasteiger partial charge in [-0.05, 0) is 18.3 Å². The van der Waals surface area contributed by atoms with Gasteiger partial charge in [0.1, 0.15) is 7.85 Å². The molecule has 1 fully saturated rings. The van der Waals surface area contributed by atoms with Gasteiger partial charge in [-0.3, -0.25) is 0 Å². The van der Waals surface area contributed by atoms with Crippen molar-refractivity contribution in [3.05, 3.63) is 12.2 Å². The lowest BCUT2D eigenvalue weighted by Gasteiger charge is -2.14. The van der Waals surface area contributed by atoms with Gasteiger partial charge >= 0.3 is 0 Å². The van der Waals surface area contributed by atoms with E-state index in [4.69, 9.17) is 7.85 Å². The summed E-state index contributed by atoms with van der Waals surface area (Å²) in [5.41, 5.74) is -0.954. The molecule has 40 valence electrons. The van der Waals surface area contributed by atoms with Crippen LogP contribution in [0.3, 0.4) is 0 Å². The Bertz CT molecular complexity index is 151. The molecule has 2 aliphatic rings. The average Bonchev–Trinajstić information content (AvgIpc) is 2.34. The molecule has 1 saturated carbocycles. The van der Waals surface area contributed by atoms with E-state index in [0.29, 0.717) is 11.8 Å². The Morgan fingerprint density at radius 3 is 2.62 bits per heavy atom. The first-order valence-corrected chi connectivity index (χ1v) is 2.91. The van der Waals surface area contributed by atoms with Gasteiger partial charge in [-0.15, -0.1) is 0 Å². The summed E-state index contributed by atoms with van der Waals surface area (Å²) in [4.78, 5) is 0. The highest BCUT2D eigenvalue weighted by Gasteiger charge is 2.50. The van der Waals surface area contributed by atoms with Crippen LogP contribution in [-0.2, 0) is 0 Å². The van der Waals surface area contributed by atoms with Crippen LogP contribution >= 0.6 is 0 Å². The first kappa shape index (κ1) is 4.63. The van der Waals surface area contributed by atoms with Crippen LogP contribution in [0.15, 0.2) is 12.2 Å². The summed E-state index contributed by atoms with van der Waals surface area (Å²) in [5.74, 6) is 0.951. The summed E-state index contributed by atoms with van der Waals surface area (Å²) < 4.78 is 0. The Balaban J connectivity index is 2.29. The Hall–Kier alpha value is -0.235. The molecule has 0 aromatic carbocycles. The fraction of sp³-hybridized carbons (Fsp3) is 0.667. The maximum atomic E-state index is 9.20. The Kier molecular flexibility index (Phi) is 0.596. The summed E-state index contributed by atoms with van der Waals surface area (Å²) in [5, 5.41) is 9.20. The average molecular weight is 106 g/mol. The third kappa shape index (κ3) is 0.415. The van der Waals surface area contributed by atoms with Crippen molar-refractivity contribution in [3.8, 4) is 0 Å². The SMILES string of the molecule is [B]C1(O)C=C[C@@H]2CC21. The molecule has 2 radical (unpaired) electrons. The molecule has 3 atom stereocenters. The summed E-state index contributed by atoms with van der Waals surface area (Å²) >= 11 is 0. The second kappa shape index (κ2) is 1.03. The van der Waals surface area contributed by atoms with E-state index in [0.717, 1.165) is 6.42 Å². The topological polar surface area (TPSA) is 20.2 Å². The van der Waals surface area contributed by atoms with Crippen LogP contribution in [0.1, 0.15) is 6.42 Å². The minimum absolute atomic E-state index is 0.350. The zero-order valence-electron chi connectivity index (χ0n) is 4.54. The lowest BCUT2D eigenvalue weighted by atomic mass is 9.79. The van der Waals surface area contributed by atoms with Gasteiger partial charge in [0.2, 0.25) is 0 Å². The largest absolute Gasteiger partial charge is 0.396 e. The molecule has 0 aliphatic heterocycles. The maximum absolute atomic E-state index is 9.20. The molecule has 0 aromatic rings. The fourth-order valence-corrected chi connectivity index (χ4v) is 1.36. The number of rotatable bonds is 0. The number of hydrogen-bond acceptors (Lipinski definition) is 1. The van der Waals surface area contributed by atoms with Gasteiger partial charge < -0.3 is 5.11 Å². The van der Waals surface area contributed by atoms with Gasteiger partial charge in [-0.2, -0.15) is 0 Å². The molecule has 2 unspecified atom stereocenters. The van der Waals surface area contributed by atoms with Crippen molar-refractivity contribution < 1.29 is 5.11 Å². The quantitative estimate of drug-likeness (QED) is 0.341. The van der Waals surface area contributed by atoms with Crippen molar-refractivity contribution in [3.63, 3.8) is 0 Å². The smallest absolute Gasteiger partial charge is 0.119 e. The van der Waals surface area contributed by atoms with E-state index >= 15 is 0 Å². The molecule has 2 aliphatic carbocycles. The second-order valence-electron chi connectivity index (χ2n) is 2.75. The van der Waals surface area contributed by atoms with Crippen LogP contribution in [0.25, 0.3) is 0 Å². The van der Waals surface area contributed by atoms with Crippen molar-refractivity contribution in [2.75, 3.05) is 0 Å². The molecule has 2 rings (SSSR count). The molecule has 1 nitrogen and oxygen atoms in total. The molecule has 0 spiro atoms. The van der Waals surface area contributed by atoms with E-state index in [-0.39, 0.29) is 0 Å². The van der Waals surface area contributed by atoms with Gasteiger partial charge in [0.25, 0.3) is 0 Å². The molecule has 2 heteroatoms. The summed E-state index contributed by atoms with van der Waals surface area (Å²) in [6, 6.07) is 0. The van der Waals surface area contributed by atoms with Crippen LogP contribution in [0.2, 0.25) is 0 Å². The molecule has 0 amide bonds. The summed E-state index contributed by atoms with van der Waals surface area (Å²) in [6.45, 7) is 0. The minimum Gasteiger partial charge on any atom is -0.396 e. The van der Waals surface area contributed by atoms with Crippen LogP contribution in [0.4, 0.5) is 0 Å². The highest BCUT2D eigenvalue weighted by molar-refractivity contribution is 6.16. The second-order valence-corrected chi connectivity index (χ2v) is 2.75. The summed E-state index contributed by atoms with van der Waals surface area (Å²) in [7, 11) is 5.43. The lowest BCUT2D eigenvalue weighted by molar-refractivity contribution is 0.158. The molecule has 8 heavy (non-hydrogen) atoms. The summed E-state index contributed by atoms with van der Waals surface area (Å²) in [6.07, 6.45) is 4.79. The van der Waals surface area contributed by atoms with Crippen LogP contribution in [0, 0.1) is 11.8 Å². The molecule has 0 bridgehead atoms. The zero-order valence-corrected chi connectivity index (χ0v) is 4.54. The third-order valence-corrected chi connectivity index (χ3v) is 2.04. The number of aliphatic hydroxyl groups is 1. The Morgan fingerprint density at radius 2 is 2.50 bits per heavy atom. The van der Waals surface area contributed by atoms with E-state index in [9.17, 15) is 5.11 Å². The van der Waals surface area contributed by atoms with E-state index < -0.39 is 5.50 Å². The van der Waals surface area contributed by atoms with Gasteiger partial charge in [-0.1, -0.05) is 12.2 Å². The predicted octanol–water partition coefficient (Wildman–Crippen LogP) is 0.0494. The molecule has 0 heterocycles. The Labute approximate surface area is 49.8 Å². The predicted molar refractivity (Wildman–Crippen MR) is 31.4 cm³/mol. The Morgan fingerprint density at radius 1 is 1.75 bits per heavy atom. The molecule has 0 aromatic heterocycles. The van der Waals surface area contributed by atoms with Gasteiger partial charge in [0.15, 0.2) is 0 Å². The van der Waals surface area contributed by atoms with E-state index in [1.54, 1.807) is 6.08 Å². The number of allylic oxidation sites excluding steroid dienone is 1. The standard InChI is InChI=1S/C6H7BO/c7-6(8)2-1-4-3-5(4)6/h1-2,4-5,8H,3H2/t4-,5?,6?/m1/s1. The highest BCUT2D eigenvalue weighted by Crippen LogP contribution is 2.51. The van der Waals surface area contributed by atoms with Crippen LogP contribution in [0.5, 0.6) is 0 Å². The lowest BCUT2D eigenvalue weighted by Crippen LogP contribution is -2.26. The number of fused-ring (bicyclic) bond motifs is 1. The fourth-order valence-electron chi connectivity index (χ4n) is 1.36. The highest BCUT2D eigenvalue weighted by atomic mass is 16.3. The van der Waals surface area contributed by atoms with E-state index in [2.05, 4.69) is 0 Å². The molecular weight excluding hydrogens is 98.9 g/mol. The van der Waals surface area contributed by atoms with Crippen molar-refractivity contribution in [2.24, 2.45) is 11.8 Å². The van der Waals surface area contributed by atoms with Crippen molar-refractivity contribution >= 4 is 7.85 Å². The normalized spacial score (nSPS) is 58.6. The van der Waals surface area contributed by atoms with Crippen molar-refractivity contribution in [1.29, 1.82) is 0 Å². The van der Waals surface area contributed by atoms with Crippen LogP contribution in [-0.4, -0.2) is 18.5 Å². The maximum Gasteiger partial charge on any atom is 0.119 e. The first-order chi connectivity index (χ1) is 3.70. The van der Waals surface area contributed by atoms with E-state index in [1.165, 1.54) is 0 Å². The van der Waals surface area contributed by atoms with Crippen molar-refractivity contribution in [2.45, 2.75) is 11.9 Å². The molecule has 0 saturated heterocycles. The van der Waals surface area contributed by atoms with Crippen LogP contribution < -0.4 is 0 Å².